The van der Waals surface area contributed by atoms with E-state index in [1.807, 2.05) is 6.92 Å². The Morgan fingerprint density at radius 2 is 2.22 bits per heavy atom. The van der Waals surface area contributed by atoms with Gasteiger partial charge in [0.2, 0.25) is 5.91 Å². The first-order valence-corrected chi connectivity index (χ1v) is 6.37. The van der Waals surface area contributed by atoms with Crippen LogP contribution in [0.4, 0.5) is 0 Å². The minimum atomic E-state index is -0.155. The molecule has 18 heavy (non-hydrogen) atoms. The largest absolute Gasteiger partial charge is 0.346 e. The molecule has 0 fully saturated rings. The molecule has 4 N–H and O–H groups in total. The first kappa shape index (κ1) is 14.6. The number of amides is 1. The monoisotopic (exact) mass is 253 g/mol. The van der Waals surface area contributed by atoms with Crippen LogP contribution in [0.5, 0.6) is 0 Å². The Morgan fingerprint density at radius 3 is 2.72 bits per heavy atom. The van der Waals surface area contributed by atoms with Crippen LogP contribution in [-0.2, 0) is 4.79 Å². The highest BCUT2D eigenvalue weighted by atomic mass is 16.1. The topological polar surface area (TPSA) is 96.7 Å². The summed E-state index contributed by atoms with van der Waals surface area (Å²) in [4.78, 5) is 15.9. The molecule has 1 aromatic rings. The summed E-state index contributed by atoms with van der Waals surface area (Å²) in [6.45, 7) is 6.69. The maximum Gasteiger partial charge on any atom is 0.220 e. The first-order chi connectivity index (χ1) is 8.52. The lowest BCUT2D eigenvalue weighted by Crippen LogP contribution is -2.31. The van der Waals surface area contributed by atoms with E-state index in [4.69, 9.17) is 5.73 Å². The van der Waals surface area contributed by atoms with Crippen LogP contribution in [0, 0.1) is 11.8 Å². The van der Waals surface area contributed by atoms with Gasteiger partial charge in [0.1, 0.15) is 12.2 Å². The minimum absolute atomic E-state index is 0.00926. The van der Waals surface area contributed by atoms with Gasteiger partial charge in [-0.1, -0.05) is 13.8 Å². The van der Waals surface area contributed by atoms with Crippen LogP contribution in [0.3, 0.4) is 0 Å². The van der Waals surface area contributed by atoms with Crippen molar-refractivity contribution in [2.75, 3.05) is 6.54 Å². The number of rotatable bonds is 7. The van der Waals surface area contributed by atoms with Crippen LogP contribution >= 0.6 is 0 Å². The summed E-state index contributed by atoms with van der Waals surface area (Å²) in [5, 5.41) is 9.39. The molecule has 0 saturated heterocycles. The van der Waals surface area contributed by atoms with Crippen LogP contribution in [0.25, 0.3) is 0 Å². The van der Waals surface area contributed by atoms with Gasteiger partial charge in [0.05, 0.1) is 6.04 Å². The Morgan fingerprint density at radius 1 is 1.50 bits per heavy atom. The fraction of sp³-hybridized carbons (Fsp3) is 0.750. The number of carbonyl (C=O) groups is 1. The van der Waals surface area contributed by atoms with Gasteiger partial charge in [0, 0.05) is 6.42 Å². The van der Waals surface area contributed by atoms with E-state index in [2.05, 4.69) is 34.3 Å². The van der Waals surface area contributed by atoms with Crippen LogP contribution in [0.2, 0.25) is 0 Å². The van der Waals surface area contributed by atoms with Gasteiger partial charge in [-0.3, -0.25) is 9.89 Å². The lowest BCUT2D eigenvalue weighted by atomic mass is 9.94. The number of hydrogen-bond acceptors (Lipinski definition) is 4. The molecule has 1 rings (SSSR count). The van der Waals surface area contributed by atoms with Crippen molar-refractivity contribution in [3.05, 3.63) is 12.2 Å². The molecule has 0 aromatic carbocycles. The second-order valence-electron chi connectivity index (χ2n) is 5.10. The molecule has 0 radical (unpaired) electrons. The number of hydrogen-bond donors (Lipinski definition) is 3. The van der Waals surface area contributed by atoms with Gasteiger partial charge in [-0.25, -0.2) is 4.98 Å². The molecule has 2 unspecified atom stereocenters. The van der Waals surface area contributed by atoms with E-state index < -0.39 is 0 Å². The summed E-state index contributed by atoms with van der Waals surface area (Å²) in [5.41, 5.74) is 5.69. The predicted molar refractivity (Wildman–Crippen MR) is 69.6 cm³/mol. The molecule has 102 valence electrons. The van der Waals surface area contributed by atoms with Gasteiger partial charge < -0.3 is 11.1 Å². The third kappa shape index (κ3) is 4.83. The van der Waals surface area contributed by atoms with Crippen molar-refractivity contribution < 1.29 is 4.79 Å². The van der Waals surface area contributed by atoms with Crippen molar-refractivity contribution in [1.82, 2.24) is 20.5 Å². The molecule has 0 spiro atoms. The van der Waals surface area contributed by atoms with Gasteiger partial charge in [-0.15, -0.1) is 0 Å². The van der Waals surface area contributed by atoms with E-state index in [9.17, 15) is 4.79 Å². The smallest absolute Gasteiger partial charge is 0.220 e. The third-order valence-corrected chi connectivity index (χ3v) is 2.83. The highest BCUT2D eigenvalue weighted by Crippen LogP contribution is 2.15. The number of aromatic amines is 1. The van der Waals surface area contributed by atoms with Crippen molar-refractivity contribution in [3.63, 3.8) is 0 Å². The van der Waals surface area contributed by atoms with Crippen molar-refractivity contribution in [2.24, 2.45) is 17.6 Å². The molecule has 1 heterocycles. The zero-order valence-electron chi connectivity index (χ0n) is 11.3. The maximum atomic E-state index is 11.9. The van der Waals surface area contributed by atoms with Gasteiger partial charge in [-0.2, -0.15) is 5.10 Å². The number of nitrogens with one attached hydrogen (secondary N) is 2. The average molecular weight is 253 g/mol. The Balaban J connectivity index is 2.40. The Kier molecular flexibility index (Phi) is 5.77. The molecule has 2 atom stereocenters. The molecule has 1 aromatic heterocycles. The number of aromatic nitrogens is 3. The van der Waals surface area contributed by atoms with Crippen molar-refractivity contribution in [3.8, 4) is 0 Å². The molecular weight excluding hydrogens is 230 g/mol. The zero-order valence-corrected chi connectivity index (χ0v) is 11.3. The van der Waals surface area contributed by atoms with Gasteiger partial charge >= 0.3 is 0 Å². The van der Waals surface area contributed by atoms with Gasteiger partial charge in [-0.05, 0) is 31.7 Å². The maximum absolute atomic E-state index is 11.9. The molecule has 1 amide bonds. The second kappa shape index (κ2) is 7.10. The Bertz CT molecular complexity index is 349. The van der Waals surface area contributed by atoms with E-state index in [-0.39, 0.29) is 17.9 Å². The second-order valence-corrected chi connectivity index (χ2v) is 5.10. The zero-order chi connectivity index (χ0) is 13.5. The molecule has 0 aliphatic heterocycles. The summed E-state index contributed by atoms with van der Waals surface area (Å²) >= 11 is 0. The van der Waals surface area contributed by atoms with E-state index in [0.29, 0.717) is 24.7 Å². The summed E-state index contributed by atoms with van der Waals surface area (Å²) in [6.07, 6.45) is 2.87. The van der Waals surface area contributed by atoms with Crippen molar-refractivity contribution >= 4 is 5.91 Å². The fourth-order valence-corrected chi connectivity index (χ4v) is 1.98. The molecule has 6 heteroatoms. The van der Waals surface area contributed by atoms with E-state index in [0.717, 1.165) is 6.42 Å². The lowest BCUT2D eigenvalue weighted by molar-refractivity contribution is -0.122. The summed E-state index contributed by atoms with van der Waals surface area (Å²) in [5.74, 6) is 1.47. The van der Waals surface area contributed by atoms with Crippen LogP contribution < -0.4 is 11.1 Å². The highest BCUT2D eigenvalue weighted by molar-refractivity contribution is 5.76. The molecular formula is C12H23N5O. The molecule has 0 saturated carbocycles. The SMILES string of the molecule is CC(C)CC(CN)CC(=O)NC(C)c1ncn[nH]1. The fourth-order valence-electron chi connectivity index (χ4n) is 1.98. The lowest BCUT2D eigenvalue weighted by Gasteiger charge is -2.18. The van der Waals surface area contributed by atoms with Crippen molar-refractivity contribution in [1.29, 1.82) is 0 Å². The number of carbonyl (C=O) groups excluding carboxylic acids is 1. The van der Waals surface area contributed by atoms with Crippen LogP contribution in [-0.4, -0.2) is 27.6 Å². The third-order valence-electron chi connectivity index (χ3n) is 2.83. The summed E-state index contributed by atoms with van der Waals surface area (Å²) in [7, 11) is 0. The number of nitrogens with zero attached hydrogens (tertiary/aromatic N) is 2. The number of nitrogens with two attached hydrogens (primary N) is 1. The molecule has 0 aliphatic rings. The summed E-state index contributed by atoms with van der Waals surface area (Å²) in [6, 6.07) is -0.155. The highest BCUT2D eigenvalue weighted by Gasteiger charge is 2.17. The molecule has 0 bridgehead atoms. The van der Waals surface area contributed by atoms with Crippen molar-refractivity contribution in [2.45, 2.75) is 39.7 Å². The first-order valence-electron chi connectivity index (χ1n) is 6.37. The quantitative estimate of drug-likeness (QED) is 0.675. The molecule has 0 aliphatic carbocycles. The minimum Gasteiger partial charge on any atom is -0.346 e. The standard InChI is InChI=1S/C12H23N5O/c1-8(2)4-10(6-13)5-11(18)16-9(3)12-14-7-15-17-12/h7-10H,4-6,13H2,1-3H3,(H,16,18)(H,14,15,17). The van der Waals surface area contributed by atoms with Crippen LogP contribution in [0.15, 0.2) is 6.33 Å². The number of H-pyrrole nitrogens is 1. The summed E-state index contributed by atoms with van der Waals surface area (Å²) < 4.78 is 0. The normalized spacial score (nSPS) is 14.5. The van der Waals surface area contributed by atoms with Gasteiger partial charge in [0.15, 0.2) is 0 Å². The Labute approximate surface area is 108 Å². The van der Waals surface area contributed by atoms with Gasteiger partial charge in [0.25, 0.3) is 0 Å². The average Bonchev–Trinajstić information content (AvgIpc) is 2.80. The predicted octanol–water partition coefficient (Wildman–Crippen LogP) is 0.993. The van der Waals surface area contributed by atoms with E-state index in [1.54, 1.807) is 0 Å². The van der Waals surface area contributed by atoms with E-state index >= 15 is 0 Å². The molecule has 6 nitrogen and oxygen atoms in total. The van der Waals surface area contributed by atoms with Crippen LogP contribution in [0.1, 0.15) is 45.5 Å². The van der Waals surface area contributed by atoms with E-state index in [1.165, 1.54) is 6.33 Å². The Hall–Kier alpha value is -1.43.